The first-order valence-corrected chi connectivity index (χ1v) is 8.39. The maximum Gasteiger partial charge on any atom is 0.142 e. The first-order chi connectivity index (χ1) is 11.7. The van der Waals surface area contributed by atoms with Gasteiger partial charge in [0.2, 0.25) is 0 Å². The molecule has 4 heteroatoms. The predicted octanol–water partition coefficient (Wildman–Crippen LogP) is 3.74. The molecular weight excluding hydrogens is 302 g/mol. The van der Waals surface area contributed by atoms with Crippen LogP contribution in [0.3, 0.4) is 0 Å². The monoisotopic (exact) mass is 329 g/mol. The van der Waals surface area contributed by atoms with Crippen molar-refractivity contribution in [3.8, 4) is 30.4 Å². The summed E-state index contributed by atoms with van der Waals surface area (Å²) in [6.45, 7) is 3.79. The fourth-order valence-electron chi connectivity index (χ4n) is 2.19. The highest BCUT2D eigenvalue weighted by Crippen LogP contribution is 2.25. The minimum atomic E-state index is 0.187. The summed E-state index contributed by atoms with van der Waals surface area (Å²) >= 11 is 0. The fraction of sp³-hybridized carbons (Fsp3) is 0.550. The Bertz CT molecular complexity index is 569. The molecule has 0 aliphatic rings. The molecule has 0 saturated heterocycles. The molecule has 0 bridgehead atoms. The third-order valence-corrected chi connectivity index (χ3v) is 3.65. The van der Waals surface area contributed by atoms with E-state index >= 15 is 0 Å². The van der Waals surface area contributed by atoms with Gasteiger partial charge in [0.15, 0.2) is 0 Å². The normalized spacial score (nSPS) is 10.3. The van der Waals surface area contributed by atoms with Crippen LogP contribution in [0.15, 0.2) is 6.20 Å². The van der Waals surface area contributed by atoms with Crippen molar-refractivity contribution in [3.63, 3.8) is 0 Å². The number of hydrogen-bond acceptors (Lipinski definition) is 4. The van der Waals surface area contributed by atoms with Gasteiger partial charge in [0.25, 0.3) is 0 Å². The molecule has 0 amide bonds. The molecule has 0 aromatic carbocycles. The predicted molar refractivity (Wildman–Crippen MR) is 95.3 cm³/mol. The van der Waals surface area contributed by atoms with E-state index in [1.807, 2.05) is 0 Å². The van der Waals surface area contributed by atoms with Crippen molar-refractivity contribution in [3.05, 3.63) is 23.0 Å². The van der Waals surface area contributed by atoms with Gasteiger partial charge in [-0.1, -0.05) is 0 Å². The molecule has 0 atom stereocenters. The zero-order valence-electron chi connectivity index (χ0n) is 14.5. The summed E-state index contributed by atoms with van der Waals surface area (Å²) in [5, 5.41) is 10.2. The van der Waals surface area contributed by atoms with Crippen LogP contribution in [-0.4, -0.2) is 23.3 Å². The van der Waals surface area contributed by atoms with Crippen molar-refractivity contribution < 1.29 is 14.6 Å². The summed E-state index contributed by atoms with van der Waals surface area (Å²) in [5.74, 6) is 5.41. The van der Waals surface area contributed by atoms with Crippen LogP contribution in [0.1, 0.15) is 55.3 Å². The number of pyridine rings is 1. The molecule has 130 valence electrons. The average molecular weight is 329 g/mol. The van der Waals surface area contributed by atoms with Gasteiger partial charge in [-0.15, -0.1) is 24.7 Å². The van der Waals surface area contributed by atoms with Crippen molar-refractivity contribution in [2.45, 2.75) is 58.7 Å². The van der Waals surface area contributed by atoms with Gasteiger partial charge >= 0.3 is 0 Å². The molecule has 0 spiro atoms. The molecule has 0 saturated carbocycles. The summed E-state index contributed by atoms with van der Waals surface area (Å²) in [6, 6.07) is 0. The molecule has 0 radical (unpaired) electrons. The second-order valence-corrected chi connectivity index (χ2v) is 5.62. The lowest BCUT2D eigenvalue weighted by atomic mass is 10.1. The average Bonchev–Trinajstić information content (AvgIpc) is 2.59. The lowest BCUT2D eigenvalue weighted by molar-refractivity contribution is 0.102. The Morgan fingerprint density at radius 3 is 2.17 bits per heavy atom. The standard InChI is InChI=1S/C20H27NO3/c1-4-6-8-10-12-23-15-18-14-21-17(3)20(22)19(18)16-24-13-11-9-7-5-2/h1-2,14,22H,6-13,15-16H2,3H3. The second-order valence-electron chi connectivity index (χ2n) is 5.62. The zero-order chi connectivity index (χ0) is 17.6. The van der Waals surface area contributed by atoms with Gasteiger partial charge < -0.3 is 14.6 Å². The topological polar surface area (TPSA) is 51.6 Å². The van der Waals surface area contributed by atoms with E-state index in [2.05, 4.69) is 16.8 Å². The van der Waals surface area contributed by atoms with Crippen LogP contribution in [-0.2, 0) is 22.7 Å². The van der Waals surface area contributed by atoms with Crippen molar-refractivity contribution >= 4 is 0 Å². The van der Waals surface area contributed by atoms with Crippen LogP contribution in [0, 0.1) is 31.6 Å². The molecule has 1 aromatic rings. The Hall–Kier alpha value is -2.01. The highest BCUT2D eigenvalue weighted by Gasteiger charge is 2.12. The van der Waals surface area contributed by atoms with Crippen LogP contribution in [0.25, 0.3) is 0 Å². The molecule has 1 N–H and O–H groups in total. The van der Waals surface area contributed by atoms with Gasteiger partial charge in [-0.2, -0.15) is 0 Å². The van der Waals surface area contributed by atoms with E-state index in [0.29, 0.717) is 32.1 Å². The Morgan fingerprint density at radius 2 is 1.58 bits per heavy atom. The lowest BCUT2D eigenvalue weighted by Crippen LogP contribution is -2.05. The maximum absolute atomic E-state index is 10.2. The number of unbranched alkanes of at least 4 members (excludes halogenated alkanes) is 4. The van der Waals surface area contributed by atoms with E-state index in [-0.39, 0.29) is 5.75 Å². The van der Waals surface area contributed by atoms with Crippen LogP contribution >= 0.6 is 0 Å². The number of hydrogen-bond donors (Lipinski definition) is 1. The Balaban J connectivity index is 2.48. The number of rotatable bonds is 12. The zero-order valence-corrected chi connectivity index (χ0v) is 14.5. The summed E-state index contributed by atoms with van der Waals surface area (Å²) in [4.78, 5) is 4.20. The smallest absolute Gasteiger partial charge is 0.142 e. The summed E-state index contributed by atoms with van der Waals surface area (Å²) in [6.07, 6.45) is 17.5. The van der Waals surface area contributed by atoms with Gasteiger partial charge in [0, 0.05) is 43.4 Å². The summed E-state index contributed by atoms with van der Waals surface area (Å²) < 4.78 is 11.3. The van der Waals surface area contributed by atoms with Crippen LogP contribution < -0.4 is 0 Å². The molecule has 1 heterocycles. The highest BCUT2D eigenvalue weighted by atomic mass is 16.5. The minimum absolute atomic E-state index is 0.187. The van der Waals surface area contributed by atoms with E-state index in [1.165, 1.54) is 0 Å². The van der Waals surface area contributed by atoms with Crippen molar-refractivity contribution in [1.82, 2.24) is 4.98 Å². The van der Waals surface area contributed by atoms with Crippen molar-refractivity contribution in [2.24, 2.45) is 0 Å². The molecule has 24 heavy (non-hydrogen) atoms. The van der Waals surface area contributed by atoms with E-state index < -0.39 is 0 Å². The molecule has 1 rings (SSSR count). The molecule has 0 fully saturated rings. The number of aromatic hydroxyl groups is 1. The lowest BCUT2D eigenvalue weighted by Gasteiger charge is -2.13. The van der Waals surface area contributed by atoms with Crippen LogP contribution in [0.5, 0.6) is 5.75 Å². The van der Waals surface area contributed by atoms with E-state index in [4.69, 9.17) is 22.3 Å². The Labute approximate surface area is 145 Å². The number of nitrogens with zero attached hydrogens (tertiary/aromatic N) is 1. The number of terminal acetylenes is 2. The third-order valence-electron chi connectivity index (χ3n) is 3.65. The summed E-state index contributed by atoms with van der Waals surface area (Å²) in [7, 11) is 0. The molecule has 0 aliphatic carbocycles. The van der Waals surface area contributed by atoms with Gasteiger partial charge in [0.1, 0.15) is 5.75 Å². The molecule has 0 aliphatic heterocycles. The van der Waals surface area contributed by atoms with Crippen LogP contribution in [0.2, 0.25) is 0 Å². The minimum Gasteiger partial charge on any atom is -0.506 e. The first kappa shape index (κ1) is 20.0. The summed E-state index contributed by atoms with van der Waals surface area (Å²) in [5.41, 5.74) is 2.21. The quantitative estimate of drug-likeness (QED) is 0.469. The number of ether oxygens (including phenoxy) is 2. The van der Waals surface area contributed by atoms with E-state index in [9.17, 15) is 5.11 Å². The number of aryl methyl sites for hydroxylation is 1. The Morgan fingerprint density at radius 1 is 1.00 bits per heavy atom. The van der Waals surface area contributed by atoms with Gasteiger partial charge in [-0.3, -0.25) is 4.98 Å². The third kappa shape index (κ3) is 7.51. The van der Waals surface area contributed by atoms with E-state index in [0.717, 1.165) is 49.7 Å². The highest BCUT2D eigenvalue weighted by molar-refractivity contribution is 5.40. The Kier molecular flexibility index (Phi) is 10.4. The van der Waals surface area contributed by atoms with Crippen molar-refractivity contribution in [2.75, 3.05) is 13.2 Å². The van der Waals surface area contributed by atoms with Gasteiger partial charge in [0.05, 0.1) is 18.9 Å². The largest absolute Gasteiger partial charge is 0.506 e. The molecule has 1 aromatic heterocycles. The van der Waals surface area contributed by atoms with Crippen LogP contribution in [0.4, 0.5) is 0 Å². The van der Waals surface area contributed by atoms with Crippen molar-refractivity contribution in [1.29, 1.82) is 0 Å². The molecular formula is C20H27NO3. The molecule has 4 nitrogen and oxygen atoms in total. The molecule has 0 unspecified atom stereocenters. The SMILES string of the molecule is C#CCCCCOCc1cnc(C)c(O)c1COCCCCC#C. The maximum atomic E-state index is 10.2. The van der Waals surface area contributed by atoms with E-state index in [1.54, 1.807) is 13.1 Å². The second kappa shape index (κ2) is 12.4. The first-order valence-electron chi connectivity index (χ1n) is 8.39. The number of aromatic nitrogens is 1. The van der Waals surface area contributed by atoms with Gasteiger partial charge in [-0.25, -0.2) is 0 Å². The fourth-order valence-corrected chi connectivity index (χ4v) is 2.19. The van der Waals surface area contributed by atoms with Gasteiger partial charge in [-0.05, 0) is 32.6 Å².